The van der Waals surface area contributed by atoms with Crippen LogP contribution in [0.1, 0.15) is 18.4 Å². The van der Waals surface area contributed by atoms with E-state index in [0.29, 0.717) is 11.7 Å². The van der Waals surface area contributed by atoms with Crippen molar-refractivity contribution in [2.24, 2.45) is 0 Å². The maximum Gasteiger partial charge on any atom is 0.292 e. The normalized spacial score (nSPS) is 16.2. The van der Waals surface area contributed by atoms with Crippen molar-refractivity contribution in [2.75, 3.05) is 23.7 Å². The van der Waals surface area contributed by atoms with Crippen molar-refractivity contribution in [1.29, 1.82) is 0 Å². The van der Waals surface area contributed by atoms with E-state index in [2.05, 4.69) is 16.0 Å². The molecule has 1 aromatic carbocycles. The zero-order chi connectivity index (χ0) is 14.1. The predicted molar refractivity (Wildman–Crippen MR) is 74.9 cm³/mol. The van der Waals surface area contributed by atoms with Gasteiger partial charge in [-0.3, -0.25) is 14.9 Å². The van der Waals surface area contributed by atoms with Crippen molar-refractivity contribution >= 4 is 23.0 Å². The Hall–Kier alpha value is -2.31. The third-order valence-corrected chi connectivity index (χ3v) is 3.55. The first kappa shape index (κ1) is 12.7. The number of carbonyl (C=O) groups is 1. The molecule has 3 N–H and O–H groups in total. The van der Waals surface area contributed by atoms with Crippen LogP contribution in [0.15, 0.2) is 12.1 Å². The van der Waals surface area contributed by atoms with E-state index >= 15 is 0 Å². The van der Waals surface area contributed by atoms with Gasteiger partial charge in [-0.25, -0.2) is 0 Å². The fourth-order valence-electron chi connectivity index (χ4n) is 2.41. The summed E-state index contributed by atoms with van der Waals surface area (Å²) in [5, 5.41) is 20.1. The van der Waals surface area contributed by atoms with Gasteiger partial charge in [0, 0.05) is 29.9 Å². The van der Waals surface area contributed by atoms with E-state index in [4.69, 9.17) is 0 Å². The Morgan fingerprint density at radius 1 is 1.45 bits per heavy atom. The molecule has 1 aliphatic carbocycles. The molecule has 3 rings (SSSR count). The van der Waals surface area contributed by atoms with Gasteiger partial charge in [0.05, 0.1) is 11.5 Å². The average molecular weight is 276 g/mol. The van der Waals surface area contributed by atoms with Crippen LogP contribution >= 0.6 is 0 Å². The fraction of sp³-hybridized carbons (Fsp3) is 0.462. The molecule has 0 unspecified atom stereocenters. The molecule has 2 aliphatic rings. The lowest BCUT2D eigenvalue weighted by Gasteiger charge is -2.11. The summed E-state index contributed by atoms with van der Waals surface area (Å²) in [4.78, 5) is 22.4. The molecule has 1 amide bonds. The van der Waals surface area contributed by atoms with Crippen molar-refractivity contribution in [3.63, 3.8) is 0 Å². The second kappa shape index (κ2) is 4.99. The van der Waals surface area contributed by atoms with E-state index < -0.39 is 4.92 Å². The van der Waals surface area contributed by atoms with E-state index in [1.54, 1.807) is 6.07 Å². The van der Waals surface area contributed by atoms with Gasteiger partial charge in [-0.1, -0.05) is 0 Å². The highest BCUT2D eigenvalue weighted by atomic mass is 16.6. The molecule has 0 aromatic heterocycles. The number of nitrogens with one attached hydrogen (secondary N) is 3. The number of carbonyl (C=O) groups excluding carboxylic acids is 1. The number of nitro benzene ring substituents is 1. The van der Waals surface area contributed by atoms with Crippen molar-refractivity contribution in [2.45, 2.75) is 25.3 Å². The second-order valence-corrected chi connectivity index (χ2v) is 5.12. The third-order valence-electron chi connectivity index (χ3n) is 3.55. The standard InChI is InChI=1S/C13H16N4O3/c18-12(16-8-1-2-8)7-15-13-9-5-6-14-10(9)3-4-11(13)17(19)20/h3-4,8,14-15H,1-2,5-7H2,(H,16,18). The van der Waals surface area contributed by atoms with Crippen LogP contribution in [0.4, 0.5) is 17.1 Å². The molecular weight excluding hydrogens is 260 g/mol. The molecule has 1 saturated carbocycles. The lowest BCUT2D eigenvalue weighted by atomic mass is 10.1. The molecule has 0 atom stereocenters. The topological polar surface area (TPSA) is 96.3 Å². The summed E-state index contributed by atoms with van der Waals surface area (Å²) in [6.07, 6.45) is 2.77. The van der Waals surface area contributed by atoms with Gasteiger partial charge in [-0.15, -0.1) is 0 Å². The number of fused-ring (bicyclic) bond motifs is 1. The number of nitro groups is 1. The van der Waals surface area contributed by atoms with Crippen LogP contribution in [0.5, 0.6) is 0 Å². The quantitative estimate of drug-likeness (QED) is 0.555. The third kappa shape index (κ3) is 2.52. The first-order valence-corrected chi connectivity index (χ1v) is 6.72. The van der Waals surface area contributed by atoms with E-state index in [9.17, 15) is 14.9 Å². The number of hydrogen-bond donors (Lipinski definition) is 3. The highest BCUT2D eigenvalue weighted by Crippen LogP contribution is 2.36. The SMILES string of the molecule is O=C(CNc1c([N+](=O)[O-])ccc2c1CCN2)NC1CC1. The average Bonchev–Trinajstić information content (AvgIpc) is 3.08. The first-order chi connectivity index (χ1) is 9.65. The number of benzene rings is 1. The molecule has 0 saturated heterocycles. The first-order valence-electron chi connectivity index (χ1n) is 6.72. The number of rotatable bonds is 5. The highest BCUT2D eigenvalue weighted by Gasteiger charge is 2.26. The lowest BCUT2D eigenvalue weighted by molar-refractivity contribution is -0.384. The summed E-state index contributed by atoms with van der Waals surface area (Å²) < 4.78 is 0. The number of amides is 1. The van der Waals surface area contributed by atoms with Gasteiger partial charge >= 0.3 is 0 Å². The number of anilines is 2. The summed E-state index contributed by atoms with van der Waals surface area (Å²) in [5.74, 6) is -0.120. The largest absolute Gasteiger partial charge is 0.384 e. The minimum Gasteiger partial charge on any atom is -0.384 e. The fourth-order valence-corrected chi connectivity index (χ4v) is 2.41. The monoisotopic (exact) mass is 276 g/mol. The minimum absolute atomic E-state index is 0.0201. The molecule has 0 radical (unpaired) electrons. The Labute approximate surface area is 115 Å². The Morgan fingerprint density at radius 3 is 2.95 bits per heavy atom. The summed E-state index contributed by atoms with van der Waals surface area (Å²) in [6, 6.07) is 3.48. The molecule has 1 heterocycles. The number of nitrogens with zero attached hydrogens (tertiary/aromatic N) is 1. The van der Waals surface area contributed by atoms with Gasteiger partial charge in [-0.05, 0) is 25.3 Å². The molecule has 7 nitrogen and oxygen atoms in total. The Balaban J connectivity index is 1.77. The smallest absolute Gasteiger partial charge is 0.292 e. The van der Waals surface area contributed by atoms with Crippen molar-refractivity contribution in [1.82, 2.24) is 5.32 Å². The van der Waals surface area contributed by atoms with Crippen molar-refractivity contribution in [3.8, 4) is 0 Å². The molecular formula is C13H16N4O3. The maximum absolute atomic E-state index is 11.7. The molecule has 20 heavy (non-hydrogen) atoms. The molecule has 7 heteroatoms. The zero-order valence-corrected chi connectivity index (χ0v) is 10.9. The van der Waals surface area contributed by atoms with Crippen LogP contribution in [-0.2, 0) is 11.2 Å². The van der Waals surface area contributed by atoms with E-state index in [1.807, 2.05) is 0 Å². The van der Waals surface area contributed by atoms with Crippen LogP contribution in [0, 0.1) is 10.1 Å². The van der Waals surface area contributed by atoms with Crippen LogP contribution in [0.3, 0.4) is 0 Å². The second-order valence-electron chi connectivity index (χ2n) is 5.12. The van der Waals surface area contributed by atoms with Gasteiger partial charge < -0.3 is 16.0 Å². The van der Waals surface area contributed by atoms with E-state index in [1.165, 1.54) is 6.07 Å². The molecule has 1 aliphatic heterocycles. The molecule has 1 fully saturated rings. The zero-order valence-electron chi connectivity index (χ0n) is 10.9. The highest BCUT2D eigenvalue weighted by molar-refractivity contribution is 5.84. The van der Waals surface area contributed by atoms with Gasteiger partial charge in [0.1, 0.15) is 5.69 Å². The maximum atomic E-state index is 11.7. The summed E-state index contributed by atoms with van der Waals surface area (Å²) in [5.41, 5.74) is 2.27. The van der Waals surface area contributed by atoms with Crippen LogP contribution in [0.25, 0.3) is 0 Å². The Morgan fingerprint density at radius 2 is 2.25 bits per heavy atom. The molecule has 1 aromatic rings. The van der Waals surface area contributed by atoms with Crippen LogP contribution in [0.2, 0.25) is 0 Å². The molecule has 106 valence electrons. The van der Waals surface area contributed by atoms with Gasteiger partial charge in [0.25, 0.3) is 5.69 Å². The predicted octanol–water partition coefficient (Wildman–Crippen LogP) is 1.25. The van der Waals surface area contributed by atoms with Crippen molar-refractivity contribution in [3.05, 3.63) is 27.8 Å². The van der Waals surface area contributed by atoms with Gasteiger partial charge in [0.15, 0.2) is 0 Å². The Kier molecular flexibility index (Phi) is 3.17. The number of hydrogen-bond acceptors (Lipinski definition) is 5. The van der Waals surface area contributed by atoms with Crippen LogP contribution < -0.4 is 16.0 Å². The van der Waals surface area contributed by atoms with Gasteiger partial charge in [-0.2, -0.15) is 0 Å². The summed E-state index contributed by atoms with van der Waals surface area (Å²) in [6.45, 7) is 0.827. The summed E-state index contributed by atoms with van der Waals surface area (Å²) in [7, 11) is 0. The molecule has 0 bridgehead atoms. The van der Waals surface area contributed by atoms with Gasteiger partial charge in [0.2, 0.25) is 5.91 Å². The van der Waals surface area contributed by atoms with E-state index in [-0.39, 0.29) is 18.1 Å². The lowest BCUT2D eigenvalue weighted by Crippen LogP contribution is -2.31. The summed E-state index contributed by atoms with van der Waals surface area (Å²) >= 11 is 0. The minimum atomic E-state index is -0.417. The Bertz CT molecular complexity index is 569. The van der Waals surface area contributed by atoms with Crippen molar-refractivity contribution < 1.29 is 9.72 Å². The molecule has 0 spiro atoms. The van der Waals surface area contributed by atoms with E-state index in [0.717, 1.165) is 37.1 Å². The van der Waals surface area contributed by atoms with Crippen LogP contribution in [-0.4, -0.2) is 30.0 Å².